The number of nitrogens with zero attached hydrogens (tertiary/aromatic N) is 2. The van der Waals surface area contributed by atoms with Gasteiger partial charge in [-0.1, -0.05) is 18.2 Å². The number of hydrogen-bond donors (Lipinski definition) is 2. The molecule has 1 heterocycles. The molecular formula is C16H16N4O3S. The standard InChI is InChI=1S/C16H16N4O3S/c1-24(22,23)19-13-6-4-5-12(9-13)18-16(21)10-20-11-17-14-7-2-3-8-15(14)20/h2-9,11,19H,10H2,1H3,(H,18,21). The Morgan fingerprint density at radius 2 is 1.88 bits per heavy atom. The number of fused-ring (bicyclic) bond motifs is 1. The van der Waals surface area contributed by atoms with Crippen molar-refractivity contribution in [3.05, 3.63) is 54.9 Å². The second-order valence-corrected chi connectivity index (χ2v) is 7.11. The fraction of sp³-hybridized carbons (Fsp3) is 0.125. The number of rotatable bonds is 5. The van der Waals surface area contributed by atoms with E-state index in [4.69, 9.17) is 0 Å². The van der Waals surface area contributed by atoms with Crippen LogP contribution in [0.5, 0.6) is 0 Å². The van der Waals surface area contributed by atoms with E-state index in [9.17, 15) is 13.2 Å². The number of carbonyl (C=O) groups is 1. The third kappa shape index (κ3) is 3.90. The Kier molecular flexibility index (Phi) is 4.22. The van der Waals surface area contributed by atoms with Gasteiger partial charge in [-0.25, -0.2) is 13.4 Å². The molecule has 2 N–H and O–H groups in total. The molecule has 0 saturated heterocycles. The van der Waals surface area contributed by atoms with E-state index >= 15 is 0 Å². The molecular weight excluding hydrogens is 328 g/mol. The van der Waals surface area contributed by atoms with Gasteiger partial charge in [0.05, 0.1) is 29.3 Å². The van der Waals surface area contributed by atoms with Gasteiger partial charge in [0.25, 0.3) is 0 Å². The molecule has 0 fully saturated rings. The van der Waals surface area contributed by atoms with Gasteiger partial charge in [0.2, 0.25) is 15.9 Å². The van der Waals surface area contributed by atoms with E-state index in [-0.39, 0.29) is 12.5 Å². The monoisotopic (exact) mass is 344 g/mol. The van der Waals surface area contributed by atoms with Crippen LogP contribution in [-0.4, -0.2) is 30.1 Å². The van der Waals surface area contributed by atoms with Crippen LogP contribution in [0, 0.1) is 0 Å². The lowest BCUT2D eigenvalue weighted by Crippen LogP contribution is -2.18. The van der Waals surface area contributed by atoms with Gasteiger partial charge in [-0.05, 0) is 30.3 Å². The van der Waals surface area contributed by atoms with Gasteiger partial charge >= 0.3 is 0 Å². The number of para-hydroxylation sites is 2. The number of hydrogen-bond acceptors (Lipinski definition) is 4. The summed E-state index contributed by atoms with van der Waals surface area (Å²) in [5.41, 5.74) is 2.60. The van der Waals surface area contributed by atoms with E-state index in [1.165, 1.54) is 0 Å². The molecule has 3 aromatic rings. The summed E-state index contributed by atoms with van der Waals surface area (Å²) in [5, 5.41) is 2.75. The first-order valence-corrected chi connectivity index (χ1v) is 9.07. The van der Waals surface area contributed by atoms with Gasteiger partial charge in [-0.3, -0.25) is 9.52 Å². The number of imidazole rings is 1. The van der Waals surface area contributed by atoms with Crippen molar-refractivity contribution < 1.29 is 13.2 Å². The molecule has 7 nitrogen and oxygen atoms in total. The smallest absolute Gasteiger partial charge is 0.244 e. The van der Waals surface area contributed by atoms with Crippen LogP contribution in [0.3, 0.4) is 0 Å². The molecule has 0 aliphatic rings. The summed E-state index contributed by atoms with van der Waals surface area (Å²) in [7, 11) is -3.36. The molecule has 0 radical (unpaired) electrons. The molecule has 1 amide bonds. The zero-order valence-electron chi connectivity index (χ0n) is 12.9. The second-order valence-electron chi connectivity index (χ2n) is 5.36. The molecule has 124 valence electrons. The number of aromatic nitrogens is 2. The van der Waals surface area contributed by atoms with Crippen molar-refractivity contribution in [2.75, 3.05) is 16.3 Å². The molecule has 8 heteroatoms. The molecule has 24 heavy (non-hydrogen) atoms. The molecule has 0 aliphatic carbocycles. The SMILES string of the molecule is CS(=O)(=O)Nc1cccc(NC(=O)Cn2cnc3ccccc32)c1. The minimum absolute atomic E-state index is 0.115. The van der Waals surface area contributed by atoms with Gasteiger partial charge in [0.15, 0.2) is 0 Å². The maximum absolute atomic E-state index is 12.2. The lowest BCUT2D eigenvalue weighted by atomic mass is 10.3. The fourth-order valence-electron chi connectivity index (χ4n) is 2.37. The largest absolute Gasteiger partial charge is 0.324 e. The van der Waals surface area contributed by atoms with Crippen LogP contribution < -0.4 is 10.0 Å². The van der Waals surface area contributed by atoms with Crippen LogP contribution in [0.4, 0.5) is 11.4 Å². The predicted octanol–water partition coefficient (Wildman–Crippen LogP) is 2.05. The summed E-state index contributed by atoms with van der Waals surface area (Å²) in [4.78, 5) is 16.5. The lowest BCUT2D eigenvalue weighted by molar-refractivity contribution is -0.116. The number of carbonyl (C=O) groups excluding carboxylic acids is 1. The van der Waals surface area contributed by atoms with Crippen LogP contribution in [0.1, 0.15) is 0 Å². The predicted molar refractivity (Wildman–Crippen MR) is 93.3 cm³/mol. The summed E-state index contributed by atoms with van der Waals surface area (Å²) >= 11 is 0. The van der Waals surface area contributed by atoms with Crippen molar-refractivity contribution in [1.82, 2.24) is 9.55 Å². The number of benzene rings is 2. The number of anilines is 2. The van der Waals surface area contributed by atoms with Crippen molar-refractivity contribution in [1.29, 1.82) is 0 Å². The Bertz CT molecular complexity index is 995. The molecule has 0 atom stereocenters. The number of amides is 1. The normalized spacial score (nSPS) is 11.4. The third-order valence-electron chi connectivity index (χ3n) is 3.29. The first kappa shape index (κ1) is 16.0. The van der Waals surface area contributed by atoms with E-state index in [0.717, 1.165) is 17.3 Å². The summed E-state index contributed by atoms with van der Waals surface area (Å²) in [6, 6.07) is 14.1. The van der Waals surface area contributed by atoms with Crippen LogP contribution in [0.25, 0.3) is 11.0 Å². The van der Waals surface area contributed by atoms with E-state index < -0.39 is 10.0 Å². The van der Waals surface area contributed by atoms with E-state index in [0.29, 0.717) is 11.4 Å². The highest BCUT2D eigenvalue weighted by Crippen LogP contribution is 2.17. The van der Waals surface area contributed by atoms with Crippen LogP contribution >= 0.6 is 0 Å². The molecule has 2 aromatic carbocycles. The second kappa shape index (κ2) is 6.32. The van der Waals surface area contributed by atoms with Crippen LogP contribution in [-0.2, 0) is 21.4 Å². The zero-order valence-corrected chi connectivity index (χ0v) is 13.7. The maximum Gasteiger partial charge on any atom is 0.244 e. The molecule has 0 aliphatic heterocycles. The van der Waals surface area contributed by atoms with Gasteiger partial charge in [0.1, 0.15) is 6.54 Å². The summed E-state index contributed by atoms with van der Waals surface area (Å²) in [6.07, 6.45) is 2.69. The molecule has 0 saturated carbocycles. The summed E-state index contributed by atoms with van der Waals surface area (Å²) < 4.78 is 26.6. The van der Waals surface area contributed by atoms with Crippen LogP contribution in [0.15, 0.2) is 54.9 Å². The Labute approximate surface area is 139 Å². The van der Waals surface area contributed by atoms with Crippen molar-refractivity contribution in [3.8, 4) is 0 Å². The van der Waals surface area contributed by atoms with E-state index in [1.807, 2.05) is 24.3 Å². The summed E-state index contributed by atoms with van der Waals surface area (Å²) in [5.74, 6) is -0.227. The highest BCUT2D eigenvalue weighted by atomic mass is 32.2. The molecule has 3 rings (SSSR count). The highest BCUT2D eigenvalue weighted by Gasteiger charge is 2.08. The van der Waals surface area contributed by atoms with E-state index in [2.05, 4.69) is 15.0 Å². The van der Waals surface area contributed by atoms with Crippen molar-refractivity contribution in [2.24, 2.45) is 0 Å². The minimum Gasteiger partial charge on any atom is -0.324 e. The Hall–Kier alpha value is -2.87. The van der Waals surface area contributed by atoms with Gasteiger partial charge in [0, 0.05) is 5.69 Å². The Morgan fingerprint density at radius 3 is 2.67 bits per heavy atom. The molecule has 0 bridgehead atoms. The van der Waals surface area contributed by atoms with Crippen molar-refractivity contribution in [2.45, 2.75) is 6.54 Å². The van der Waals surface area contributed by atoms with Crippen LogP contribution in [0.2, 0.25) is 0 Å². The molecule has 1 aromatic heterocycles. The average molecular weight is 344 g/mol. The maximum atomic E-state index is 12.2. The van der Waals surface area contributed by atoms with E-state index in [1.54, 1.807) is 35.2 Å². The first-order valence-electron chi connectivity index (χ1n) is 7.18. The first-order chi connectivity index (χ1) is 11.4. The van der Waals surface area contributed by atoms with Crippen molar-refractivity contribution >= 4 is 38.3 Å². The molecule has 0 unspecified atom stereocenters. The Balaban J connectivity index is 1.72. The number of sulfonamides is 1. The lowest BCUT2D eigenvalue weighted by Gasteiger charge is -2.09. The van der Waals surface area contributed by atoms with Gasteiger partial charge in [-0.15, -0.1) is 0 Å². The van der Waals surface area contributed by atoms with Crippen molar-refractivity contribution in [3.63, 3.8) is 0 Å². The Morgan fingerprint density at radius 1 is 1.12 bits per heavy atom. The highest BCUT2D eigenvalue weighted by molar-refractivity contribution is 7.92. The average Bonchev–Trinajstić information content (AvgIpc) is 2.89. The quantitative estimate of drug-likeness (QED) is 0.741. The topological polar surface area (TPSA) is 93.1 Å². The third-order valence-corrected chi connectivity index (χ3v) is 3.90. The van der Waals surface area contributed by atoms with Gasteiger partial charge in [-0.2, -0.15) is 0 Å². The minimum atomic E-state index is -3.36. The fourth-order valence-corrected chi connectivity index (χ4v) is 2.92. The molecule has 0 spiro atoms. The number of nitrogens with one attached hydrogen (secondary N) is 2. The zero-order chi connectivity index (χ0) is 17.2. The summed E-state index contributed by atoms with van der Waals surface area (Å²) in [6.45, 7) is 0.115. The van der Waals surface area contributed by atoms with Gasteiger partial charge < -0.3 is 9.88 Å².